The van der Waals surface area contributed by atoms with Crippen molar-refractivity contribution in [2.75, 3.05) is 25.5 Å². The number of carbonyl (C=O) groups excluding carboxylic acids is 1. The summed E-state index contributed by atoms with van der Waals surface area (Å²) in [4.78, 5) is 11.7. The molecule has 0 heterocycles. The lowest BCUT2D eigenvalue weighted by Gasteiger charge is -2.07. The van der Waals surface area contributed by atoms with Crippen LogP contribution in [0, 0.1) is 0 Å². The molecule has 0 aliphatic rings. The van der Waals surface area contributed by atoms with Crippen LogP contribution < -0.4 is 11.1 Å². The van der Waals surface area contributed by atoms with Crippen molar-refractivity contribution >= 4 is 23.2 Å². The summed E-state index contributed by atoms with van der Waals surface area (Å²) in [7, 11) is 0. The van der Waals surface area contributed by atoms with Gasteiger partial charge in [-0.25, -0.2) is 0 Å². The molecule has 3 N–H and O–H groups in total. The lowest BCUT2D eigenvalue weighted by Crippen LogP contribution is -2.27. The van der Waals surface area contributed by atoms with E-state index in [9.17, 15) is 4.79 Å². The van der Waals surface area contributed by atoms with Crippen LogP contribution in [0.15, 0.2) is 30.4 Å². The molecule has 4 nitrogen and oxygen atoms in total. The Morgan fingerprint density at radius 2 is 2.22 bits per heavy atom. The van der Waals surface area contributed by atoms with Crippen LogP contribution >= 0.6 is 11.6 Å². The van der Waals surface area contributed by atoms with Gasteiger partial charge in [0.2, 0.25) is 0 Å². The summed E-state index contributed by atoms with van der Waals surface area (Å²) >= 11 is 5.82. The Balaban J connectivity index is 2.38. The molecule has 1 aromatic carbocycles. The fourth-order valence-corrected chi connectivity index (χ4v) is 1.57. The van der Waals surface area contributed by atoms with Crippen LogP contribution in [0.4, 0.5) is 5.69 Å². The number of hydrogen-bond donors (Lipinski definition) is 2. The Labute approximate surface area is 112 Å². The Morgan fingerprint density at radius 1 is 1.50 bits per heavy atom. The van der Waals surface area contributed by atoms with Gasteiger partial charge < -0.3 is 15.8 Å². The maximum atomic E-state index is 11.7. The van der Waals surface area contributed by atoms with Crippen LogP contribution in [0.1, 0.15) is 17.3 Å². The van der Waals surface area contributed by atoms with Crippen LogP contribution in [0.5, 0.6) is 0 Å². The molecule has 5 heteroatoms. The number of carbonyl (C=O) groups is 1. The van der Waals surface area contributed by atoms with E-state index in [1.54, 1.807) is 18.2 Å². The third-order valence-corrected chi connectivity index (χ3v) is 2.28. The molecule has 0 unspecified atom stereocenters. The maximum absolute atomic E-state index is 11.7. The van der Waals surface area contributed by atoms with Crippen molar-refractivity contribution in [3.63, 3.8) is 0 Å². The average Bonchev–Trinajstić information content (AvgIpc) is 2.26. The van der Waals surface area contributed by atoms with Gasteiger partial charge in [-0.15, -0.1) is 0 Å². The van der Waals surface area contributed by atoms with Crippen LogP contribution in [-0.4, -0.2) is 25.7 Å². The van der Waals surface area contributed by atoms with Crippen molar-refractivity contribution in [3.8, 4) is 0 Å². The number of hydrogen-bond acceptors (Lipinski definition) is 3. The maximum Gasteiger partial charge on any atom is 0.251 e. The molecule has 0 atom stereocenters. The van der Waals surface area contributed by atoms with Gasteiger partial charge in [-0.05, 0) is 25.1 Å². The molecule has 98 valence electrons. The third kappa shape index (κ3) is 5.21. The molecule has 1 rings (SSSR count). The second kappa shape index (κ2) is 7.03. The van der Waals surface area contributed by atoms with Gasteiger partial charge in [-0.2, -0.15) is 0 Å². The minimum absolute atomic E-state index is 0.219. The zero-order valence-electron chi connectivity index (χ0n) is 10.3. The largest absolute Gasteiger partial charge is 0.399 e. The Morgan fingerprint density at radius 3 is 2.83 bits per heavy atom. The van der Waals surface area contributed by atoms with E-state index in [0.29, 0.717) is 36.0 Å². The Bertz CT molecular complexity index is 426. The first-order chi connectivity index (χ1) is 8.49. The lowest BCUT2D eigenvalue weighted by molar-refractivity contribution is 0.0927. The number of nitrogen functional groups attached to an aromatic ring is 1. The van der Waals surface area contributed by atoms with E-state index in [0.717, 1.165) is 5.57 Å². The van der Waals surface area contributed by atoms with Gasteiger partial charge >= 0.3 is 0 Å². The predicted molar refractivity (Wildman–Crippen MR) is 73.8 cm³/mol. The highest BCUT2D eigenvalue weighted by molar-refractivity contribution is 6.31. The minimum atomic E-state index is -0.219. The average molecular weight is 269 g/mol. The van der Waals surface area contributed by atoms with Crippen LogP contribution in [0.25, 0.3) is 0 Å². The molecule has 0 saturated carbocycles. The van der Waals surface area contributed by atoms with Gasteiger partial charge in [0, 0.05) is 22.8 Å². The van der Waals surface area contributed by atoms with E-state index >= 15 is 0 Å². The monoisotopic (exact) mass is 268 g/mol. The summed E-state index contributed by atoms with van der Waals surface area (Å²) in [5.74, 6) is -0.219. The minimum Gasteiger partial charge on any atom is -0.399 e. The van der Waals surface area contributed by atoms with Crippen molar-refractivity contribution < 1.29 is 9.53 Å². The first-order valence-electron chi connectivity index (χ1n) is 5.55. The van der Waals surface area contributed by atoms with Crippen molar-refractivity contribution in [1.82, 2.24) is 5.32 Å². The molecule has 0 spiro atoms. The molecular formula is C13H17ClN2O2. The summed E-state index contributed by atoms with van der Waals surface area (Å²) in [6.45, 7) is 6.96. The fourth-order valence-electron chi connectivity index (χ4n) is 1.33. The number of amides is 1. The Kier molecular flexibility index (Phi) is 5.68. The molecule has 18 heavy (non-hydrogen) atoms. The van der Waals surface area contributed by atoms with Gasteiger partial charge in [0.05, 0.1) is 13.2 Å². The summed E-state index contributed by atoms with van der Waals surface area (Å²) in [5, 5.41) is 3.16. The van der Waals surface area contributed by atoms with E-state index in [1.165, 1.54) is 0 Å². The quantitative estimate of drug-likeness (QED) is 0.472. The topological polar surface area (TPSA) is 64.3 Å². The first-order valence-corrected chi connectivity index (χ1v) is 5.93. The summed E-state index contributed by atoms with van der Waals surface area (Å²) in [5.41, 5.74) is 7.46. The van der Waals surface area contributed by atoms with Crippen LogP contribution in [0.3, 0.4) is 0 Å². The molecule has 0 radical (unpaired) electrons. The van der Waals surface area contributed by atoms with E-state index < -0.39 is 0 Å². The molecule has 1 amide bonds. The van der Waals surface area contributed by atoms with Crippen molar-refractivity contribution in [2.45, 2.75) is 6.92 Å². The number of benzene rings is 1. The molecule has 1 aromatic rings. The van der Waals surface area contributed by atoms with Crippen molar-refractivity contribution in [3.05, 3.63) is 40.9 Å². The number of ether oxygens (including phenoxy) is 1. The number of nitrogens with one attached hydrogen (secondary N) is 1. The zero-order chi connectivity index (χ0) is 13.5. The van der Waals surface area contributed by atoms with E-state index in [1.807, 2.05) is 6.92 Å². The summed E-state index contributed by atoms with van der Waals surface area (Å²) in [6.07, 6.45) is 0. The third-order valence-electron chi connectivity index (χ3n) is 2.06. The van der Waals surface area contributed by atoms with E-state index in [2.05, 4.69) is 11.9 Å². The molecule has 0 aliphatic heterocycles. The molecule has 0 aromatic heterocycles. The van der Waals surface area contributed by atoms with Gasteiger partial charge in [0.15, 0.2) is 0 Å². The summed E-state index contributed by atoms with van der Waals surface area (Å²) < 4.78 is 5.26. The normalized spacial score (nSPS) is 10.1. The van der Waals surface area contributed by atoms with E-state index in [4.69, 9.17) is 22.1 Å². The van der Waals surface area contributed by atoms with Crippen molar-refractivity contribution in [2.24, 2.45) is 0 Å². The number of halogens is 1. The standard InChI is InChI=1S/C13H17ClN2O2/c1-9(2)8-18-4-3-16-13(17)10-5-11(14)7-12(15)6-10/h5-7H,1,3-4,8,15H2,2H3,(H,16,17). The fraction of sp³-hybridized carbons (Fsp3) is 0.308. The number of nitrogens with two attached hydrogens (primary N) is 1. The van der Waals surface area contributed by atoms with Gasteiger partial charge in [-0.1, -0.05) is 23.8 Å². The zero-order valence-corrected chi connectivity index (χ0v) is 11.1. The SMILES string of the molecule is C=C(C)COCCNC(=O)c1cc(N)cc(Cl)c1. The summed E-state index contributed by atoms with van der Waals surface area (Å²) in [6, 6.07) is 4.74. The molecule has 0 aliphatic carbocycles. The molecular weight excluding hydrogens is 252 g/mol. The first kappa shape index (κ1) is 14.5. The molecule has 0 bridgehead atoms. The van der Waals surface area contributed by atoms with Gasteiger partial charge in [-0.3, -0.25) is 4.79 Å². The van der Waals surface area contributed by atoms with Crippen LogP contribution in [0.2, 0.25) is 5.02 Å². The molecule has 0 fully saturated rings. The lowest BCUT2D eigenvalue weighted by atomic mass is 10.2. The molecule has 0 saturated heterocycles. The van der Waals surface area contributed by atoms with E-state index in [-0.39, 0.29) is 5.91 Å². The Hall–Kier alpha value is -1.52. The highest BCUT2D eigenvalue weighted by Crippen LogP contribution is 2.16. The highest BCUT2D eigenvalue weighted by atomic mass is 35.5. The van der Waals surface area contributed by atoms with Gasteiger partial charge in [0.1, 0.15) is 0 Å². The number of anilines is 1. The van der Waals surface area contributed by atoms with Gasteiger partial charge in [0.25, 0.3) is 5.91 Å². The second-order valence-corrected chi connectivity index (χ2v) is 4.48. The van der Waals surface area contributed by atoms with Crippen LogP contribution in [-0.2, 0) is 4.74 Å². The highest BCUT2D eigenvalue weighted by Gasteiger charge is 2.06. The second-order valence-electron chi connectivity index (χ2n) is 4.04. The van der Waals surface area contributed by atoms with Crippen molar-refractivity contribution in [1.29, 1.82) is 0 Å². The number of rotatable bonds is 6. The smallest absolute Gasteiger partial charge is 0.251 e. The predicted octanol–water partition coefficient (Wildman–Crippen LogP) is 2.24.